The van der Waals surface area contributed by atoms with E-state index in [9.17, 15) is 4.79 Å². The fourth-order valence-corrected chi connectivity index (χ4v) is 2.70. The number of hydrogen-bond acceptors (Lipinski definition) is 2. The van der Waals surface area contributed by atoms with Crippen LogP contribution in [-0.2, 0) is 6.42 Å². The highest BCUT2D eigenvalue weighted by molar-refractivity contribution is 5.74. The molecule has 110 valence electrons. The van der Waals surface area contributed by atoms with Crippen molar-refractivity contribution in [1.29, 1.82) is 0 Å². The Kier molecular flexibility index (Phi) is 5.01. The number of benzene rings is 1. The highest BCUT2D eigenvalue weighted by Crippen LogP contribution is 2.12. The maximum atomic E-state index is 12.0. The Labute approximate surface area is 122 Å². The minimum atomic E-state index is 0.125. The summed E-state index contributed by atoms with van der Waals surface area (Å²) < 4.78 is 0. The van der Waals surface area contributed by atoms with E-state index in [-0.39, 0.29) is 6.03 Å². The quantitative estimate of drug-likeness (QED) is 0.842. The van der Waals surface area contributed by atoms with Gasteiger partial charge in [0.2, 0.25) is 0 Å². The van der Waals surface area contributed by atoms with Crippen LogP contribution in [0.4, 0.5) is 4.79 Å². The molecule has 0 spiro atoms. The van der Waals surface area contributed by atoms with Crippen molar-refractivity contribution < 1.29 is 4.79 Å². The molecule has 1 aliphatic rings. The van der Waals surface area contributed by atoms with Crippen molar-refractivity contribution in [3.05, 3.63) is 35.9 Å². The third-order valence-electron chi connectivity index (χ3n) is 3.95. The Balaban J connectivity index is 1.83. The maximum Gasteiger partial charge on any atom is 0.319 e. The van der Waals surface area contributed by atoms with Crippen molar-refractivity contribution in [3.63, 3.8) is 0 Å². The summed E-state index contributed by atoms with van der Waals surface area (Å²) in [6.45, 7) is 5.89. The van der Waals surface area contributed by atoms with E-state index < -0.39 is 0 Å². The summed E-state index contributed by atoms with van der Waals surface area (Å²) in [5.74, 6) is 0. The highest BCUT2D eigenvalue weighted by atomic mass is 16.2. The molecule has 0 aliphatic carbocycles. The van der Waals surface area contributed by atoms with Gasteiger partial charge < -0.3 is 9.80 Å². The molecule has 20 heavy (non-hydrogen) atoms. The molecule has 1 aromatic carbocycles. The topological polar surface area (TPSA) is 26.8 Å². The summed E-state index contributed by atoms with van der Waals surface area (Å²) in [5, 5.41) is 0. The van der Waals surface area contributed by atoms with Crippen LogP contribution in [0.25, 0.3) is 0 Å². The molecule has 1 aliphatic heterocycles. The SMILES string of the molecule is CC1CN(C(=O)N(C)C)CCN1CCc1ccccc1. The van der Waals surface area contributed by atoms with Gasteiger partial charge in [0.1, 0.15) is 0 Å². The molecule has 1 fully saturated rings. The Morgan fingerprint density at radius 3 is 2.55 bits per heavy atom. The summed E-state index contributed by atoms with van der Waals surface area (Å²) in [4.78, 5) is 18.0. The van der Waals surface area contributed by atoms with Crippen LogP contribution in [-0.4, -0.2) is 67.0 Å². The van der Waals surface area contributed by atoms with Gasteiger partial charge in [-0.25, -0.2) is 4.79 Å². The van der Waals surface area contributed by atoms with E-state index in [0.29, 0.717) is 6.04 Å². The standard InChI is InChI=1S/C16H25N3O/c1-14-13-19(16(20)17(2)3)12-11-18(14)10-9-15-7-5-4-6-8-15/h4-8,14H,9-13H2,1-3H3. The van der Waals surface area contributed by atoms with E-state index in [1.807, 2.05) is 19.0 Å². The van der Waals surface area contributed by atoms with Gasteiger partial charge in [-0.15, -0.1) is 0 Å². The van der Waals surface area contributed by atoms with Crippen molar-refractivity contribution in [2.45, 2.75) is 19.4 Å². The van der Waals surface area contributed by atoms with Gasteiger partial charge in [-0.3, -0.25) is 4.90 Å². The molecule has 4 nitrogen and oxygen atoms in total. The fourth-order valence-electron chi connectivity index (χ4n) is 2.70. The van der Waals surface area contributed by atoms with Crippen LogP contribution in [0.5, 0.6) is 0 Å². The Morgan fingerprint density at radius 2 is 1.95 bits per heavy atom. The number of rotatable bonds is 3. The van der Waals surface area contributed by atoms with Crippen LogP contribution in [0.3, 0.4) is 0 Å². The van der Waals surface area contributed by atoms with Crippen molar-refractivity contribution in [2.75, 3.05) is 40.3 Å². The Morgan fingerprint density at radius 1 is 1.25 bits per heavy atom. The first-order valence-corrected chi connectivity index (χ1v) is 7.32. The van der Waals surface area contributed by atoms with Gasteiger partial charge in [-0.05, 0) is 18.9 Å². The van der Waals surface area contributed by atoms with Crippen molar-refractivity contribution >= 4 is 6.03 Å². The molecule has 1 saturated heterocycles. The van der Waals surface area contributed by atoms with Gasteiger partial charge in [0, 0.05) is 46.3 Å². The third-order valence-corrected chi connectivity index (χ3v) is 3.95. The zero-order valence-electron chi connectivity index (χ0n) is 12.7. The summed E-state index contributed by atoms with van der Waals surface area (Å²) in [6.07, 6.45) is 1.08. The minimum absolute atomic E-state index is 0.125. The normalized spacial score (nSPS) is 19.9. The molecular weight excluding hydrogens is 250 g/mol. The van der Waals surface area contributed by atoms with E-state index in [1.165, 1.54) is 5.56 Å². The van der Waals surface area contributed by atoms with Crippen molar-refractivity contribution in [1.82, 2.24) is 14.7 Å². The summed E-state index contributed by atoms with van der Waals surface area (Å²) >= 11 is 0. The lowest BCUT2D eigenvalue weighted by Crippen LogP contribution is -2.55. The molecule has 0 saturated carbocycles. The smallest absolute Gasteiger partial charge is 0.319 e. The largest absolute Gasteiger partial charge is 0.331 e. The van der Waals surface area contributed by atoms with Gasteiger partial charge in [-0.2, -0.15) is 0 Å². The van der Waals surface area contributed by atoms with E-state index in [0.717, 1.165) is 32.6 Å². The Bertz CT molecular complexity index is 433. The molecule has 2 rings (SSSR count). The molecule has 1 atom stereocenters. The zero-order chi connectivity index (χ0) is 14.5. The number of amides is 2. The van der Waals surface area contributed by atoms with Gasteiger partial charge in [-0.1, -0.05) is 30.3 Å². The lowest BCUT2D eigenvalue weighted by atomic mass is 10.1. The van der Waals surface area contributed by atoms with Crippen molar-refractivity contribution in [3.8, 4) is 0 Å². The first-order valence-electron chi connectivity index (χ1n) is 7.32. The molecule has 0 N–H and O–H groups in total. The lowest BCUT2D eigenvalue weighted by molar-refractivity contribution is 0.0884. The molecule has 0 radical (unpaired) electrons. The number of hydrogen-bond donors (Lipinski definition) is 0. The molecular formula is C16H25N3O. The average Bonchev–Trinajstić information content (AvgIpc) is 2.46. The van der Waals surface area contributed by atoms with Crippen LogP contribution in [0.2, 0.25) is 0 Å². The van der Waals surface area contributed by atoms with Gasteiger partial charge in [0.25, 0.3) is 0 Å². The molecule has 1 unspecified atom stereocenters. The highest BCUT2D eigenvalue weighted by Gasteiger charge is 2.26. The summed E-state index contributed by atoms with van der Waals surface area (Å²) in [7, 11) is 3.63. The number of carbonyl (C=O) groups excluding carboxylic acids is 1. The second kappa shape index (κ2) is 6.75. The molecule has 4 heteroatoms. The van der Waals surface area contributed by atoms with Crippen LogP contribution in [0.15, 0.2) is 30.3 Å². The molecule has 0 bridgehead atoms. The number of urea groups is 1. The van der Waals surface area contributed by atoms with Gasteiger partial charge in [0.05, 0.1) is 0 Å². The number of piperazine rings is 1. The third kappa shape index (κ3) is 3.73. The molecule has 1 aromatic rings. The van der Waals surface area contributed by atoms with Crippen molar-refractivity contribution in [2.24, 2.45) is 0 Å². The summed E-state index contributed by atoms with van der Waals surface area (Å²) in [5.41, 5.74) is 1.38. The summed E-state index contributed by atoms with van der Waals surface area (Å²) in [6, 6.07) is 11.1. The van der Waals surface area contributed by atoms with Crippen LogP contribution in [0.1, 0.15) is 12.5 Å². The molecule has 0 aromatic heterocycles. The molecule has 1 heterocycles. The molecule has 2 amide bonds. The van der Waals surface area contributed by atoms with Crippen LogP contribution in [0, 0.1) is 0 Å². The van der Waals surface area contributed by atoms with E-state index in [1.54, 1.807) is 4.90 Å². The lowest BCUT2D eigenvalue weighted by Gasteiger charge is -2.40. The zero-order valence-corrected chi connectivity index (χ0v) is 12.7. The van der Waals surface area contributed by atoms with E-state index in [2.05, 4.69) is 42.2 Å². The first-order chi connectivity index (χ1) is 9.58. The average molecular weight is 275 g/mol. The number of carbonyl (C=O) groups is 1. The van der Waals surface area contributed by atoms with Gasteiger partial charge >= 0.3 is 6.03 Å². The maximum absolute atomic E-state index is 12.0. The van der Waals surface area contributed by atoms with E-state index >= 15 is 0 Å². The Hall–Kier alpha value is -1.55. The second-order valence-electron chi connectivity index (χ2n) is 5.74. The van der Waals surface area contributed by atoms with E-state index in [4.69, 9.17) is 0 Å². The fraction of sp³-hybridized carbons (Fsp3) is 0.562. The predicted octanol–water partition coefficient (Wildman–Crippen LogP) is 1.92. The van der Waals surface area contributed by atoms with Crippen LogP contribution >= 0.6 is 0 Å². The first kappa shape index (κ1) is 14.9. The second-order valence-corrected chi connectivity index (χ2v) is 5.74. The predicted molar refractivity (Wildman–Crippen MR) is 81.8 cm³/mol. The minimum Gasteiger partial charge on any atom is -0.331 e. The van der Waals surface area contributed by atoms with Crippen LogP contribution < -0.4 is 0 Å². The van der Waals surface area contributed by atoms with Gasteiger partial charge in [0.15, 0.2) is 0 Å². The monoisotopic (exact) mass is 275 g/mol. The number of nitrogens with zero attached hydrogens (tertiary/aromatic N) is 3.